The van der Waals surface area contributed by atoms with Gasteiger partial charge in [-0.1, -0.05) is 12.1 Å². The van der Waals surface area contributed by atoms with Gasteiger partial charge in [-0.3, -0.25) is 9.55 Å². The lowest BCUT2D eigenvalue weighted by atomic mass is 10.0. The van der Waals surface area contributed by atoms with E-state index in [1.54, 1.807) is 10.8 Å². The van der Waals surface area contributed by atoms with Gasteiger partial charge < -0.3 is 11.1 Å². The van der Waals surface area contributed by atoms with E-state index < -0.39 is 5.82 Å². The standard InChI is InChI=1S/C23H20FN7/c1-26-20-7-6-16-5-4-14(9-19(16)30-20)2-3-15-8-17(11-27-10-15)31-12-18(24)21-22(25)28-13-29-23(21)31/h4-13H,2-3H2,1H3,(H,26,30)(H2,25,28,29). The Bertz CT molecular complexity index is 1410. The van der Waals surface area contributed by atoms with Crippen molar-refractivity contribution in [3.8, 4) is 5.69 Å². The average Bonchev–Trinajstić information content (AvgIpc) is 3.15. The molecule has 0 spiro atoms. The number of benzene rings is 1. The summed E-state index contributed by atoms with van der Waals surface area (Å²) in [4.78, 5) is 17.0. The summed E-state index contributed by atoms with van der Waals surface area (Å²) in [6.45, 7) is 0. The molecule has 0 saturated heterocycles. The van der Waals surface area contributed by atoms with Gasteiger partial charge in [-0.25, -0.2) is 19.3 Å². The summed E-state index contributed by atoms with van der Waals surface area (Å²) in [7, 11) is 1.86. The van der Waals surface area contributed by atoms with Crippen LogP contribution >= 0.6 is 0 Å². The van der Waals surface area contributed by atoms with Gasteiger partial charge in [0, 0.05) is 24.8 Å². The number of nitrogens with zero attached hydrogens (tertiary/aromatic N) is 5. The Hall–Kier alpha value is -4.07. The highest BCUT2D eigenvalue weighted by atomic mass is 19.1. The Morgan fingerprint density at radius 1 is 1.03 bits per heavy atom. The van der Waals surface area contributed by atoms with Crippen LogP contribution in [0.15, 0.2) is 61.3 Å². The molecule has 0 aliphatic heterocycles. The normalized spacial score (nSPS) is 11.3. The van der Waals surface area contributed by atoms with Gasteiger partial charge in [0.1, 0.15) is 18.0 Å². The molecule has 0 radical (unpaired) electrons. The van der Waals surface area contributed by atoms with Crippen LogP contribution in [0.4, 0.5) is 16.0 Å². The number of pyridine rings is 2. The minimum Gasteiger partial charge on any atom is -0.383 e. The number of anilines is 2. The molecule has 0 fully saturated rings. The molecule has 0 bridgehead atoms. The van der Waals surface area contributed by atoms with Gasteiger partial charge in [0.2, 0.25) is 0 Å². The molecule has 0 aliphatic carbocycles. The van der Waals surface area contributed by atoms with Gasteiger partial charge in [0.15, 0.2) is 11.5 Å². The maximum atomic E-state index is 14.4. The van der Waals surface area contributed by atoms with Gasteiger partial charge in [-0.2, -0.15) is 0 Å². The maximum Gasteiger partial charge on any atom is 0.154 e. The van der Waals surface area contributed by atoms with Crippen molar-refractivity contribution < 1.29 is 4.39 Å². The monoisotopic (exact) mass is 413 g/mol. The number of fused-ring (bicyclic) bond motifs is 2. The van der Waals surface area contributed by atoms with Gasteiger partial charge in [-0.15, -0.1) is 0 Å². The number of hydrogen-bond acceptors (Lipinski definition) is 6. The average molecular weight is 413 g/mol. The zero-order valence-electron chi connectivity index (χ0n) is 16.9. The summed E-state index contributed by atoms with van der Waals surface area (Å²) < 4.78 is 16.0. The van der Waals surface area contributed by atoms with E-state index in [9.17, 15) is 4.39 Å². The fraction of sp³-hybridized carbons (Fsp3) is 0.130. The number of aryl methyl sites for hydroxylation is 2. The molecule has 3 N–H and O–H groups in total. The molecule has 0 amide bonds. The molecule has 1 aromatic carbocycles. The molecule has 4 aromatic heterocycles. The van der Waals surface area contributed by atoms with E-state index in [1.807, 2.05) is 25.4 Å². The fourth-order valence-corrected chi connectivity index (χ4v) is 3.73. The lowest BCUT2D eigenvalue weighted by Gasteiger charge is -2.08. The van der Waals surface area contributed by atoms with Crippen LogP contribution in [0.1, 0.15) is 11.1 Å². The van der Waals surface area contributed by atoms with Crippen LogP contribution in [0.25, 0.3) is 27.6 Å². The second-order valence-corrected chi connectivity index (χ2v) is 7.33. The molecule has 5 aromatic rings. The van der Waals surface area contributed by atoms with E-state index in [0.29, 0.717) is 5.65 Å². The number of nitrogen functional groups attached to an aromatic ring is 1. The lowest BCUT2D eigenvalue weighted by Crippen LogP contribution is -1.99. The summed E-state index contributed by atoms with van der Waals surface area (Å²) in [6.07, 6.45) is 7.83. The number of halogens is 1. The molecule has 5 rings (SSSR count). The number of nitrogens with one attached hydrogen (secondary N) is 1. The first-order chi connectivity index (χ1) is 15.1. The Labute approximate surface area is 177 Å². The summed E-state index contributed by atoms with van der Waals surface area (Å²) in [5.41, 5.74) is 10.2. The third kappa shape index (κ3) is 3.52. The van der Waals surface area contributed by atoms with Gasteiger partial charge in [-0.05, 0) is 48.2 Å². The molecule has 0 saturated carbocycles. The molecule has 4 heterocycles. The first-order valence-electron chi connectivity index (χ1n) is 9.91. The van der Waals surface area contributed by atoms with Crippen LogP contribution in [0, 0.1) is 5.82 Å². The van der Waals surface area contributed by atoms with Crippen molar-refractivity contribution in [2.75, 3.05) is 18.1 Å². The molecule has 0 aliphatic rings. The first-order valence-corrected chi connectivity index (χ1v) is 9.91. The van der Waals surface area contributed by atoms with Crippen LogP contribution in [-0.2, 0) is 12.8 Å². The Morgan fingerprint density at radius 2 is 1.87 bits per heavy atom. The maximum absolute atomic E-state index is 14.4. The molecule has 0 atom stereocenters. The third-order valence-electron chi connectivity index (χ3n) is 5.34. The van der Waals surface area contributed by atoms with E-state index >= 15 is 0 Å². The van der Waals surface area contributed by atoms with Gasteiger partial charge in [0.25, 0.3) is 0 Å². The highest BCUT2D eigenvalue weighted by molar-refractivity contribution is 5.88. The topological polar surface area (TPSA) is 94.5 Å². The Balaban J connectivity index is 1.42. The first kappa shape index (κ1) is 18.9. The zero-order chi connectivity index (χ0) is 21.4. The smallest absolute Gasteiger partial charge is 0.154 e. The van der Waals surface area contributed by atoms with Crippen LogP contribution < -0.4 is 11.1 Å². The Morgan fingerprint density at radius 3 is 2.74 bits per heavy atom. The SMILES string of the molecule is CNc1ccc2ccc(CCc3cncc(-n4cc(F)c5c(N)ncnc54)c3)cc2n1. The quantitative estimate of drug-likeness (QED) is 0.454. The highest BCUT2D eigenvalue weighted by Gasteiger charge is 2.15. The van der Waals surface area contributed by atoms with Crippen LogP contribution in [0.5, 0.6) is 0 Å². The minimum absolute atomic E-state index is 0.122. The molecule has 8 heteroatoms. The molecule has 154 valence electrons. The van der Waals surface area contributed by atoms with E-state index in [0.717, 1.165) is 40.8 Å². The molecular weight excluding hydrogens is 393 g/mol. The largest absolute Gasteiger partial charge is 0.383 e. The second kappa shape index (κ2) is 7.64. The van der Waals surface area contributed by atoms with E-state index in [4.69, 9.17) is 5.73 Å². The predicted octanol–water partition coefficient (Wildman–Crippen LogP) is 3.91. The van der Waals surface area contributed by atoms with Crippen molar-refractivity contribution in [3.05, 3.63) is 78.3 Å². The second-order valence-electron chi connectivity index (χ2n) is 7.33. The summed E-state index contributed by atoms with van der Waals surface area (Å²) in [5, 5.41) is 4.40. The summed E-state index contributed by atoms with van der Waals surface area (Å²) in [6, 6.07) is 12.3. The predicted molar refractivity (Wildman–Crippen MR) is 120 cm³/mol. The molecule has 7 nitrogen and oxygen atoms in total. The van der Waals surface area contributed by atoms with Gasteiger partial charge >= 0.3 is 0 Å². The fourth-order valence-electron chi connectivity index (χ4n) is 3.73. The third-order valence-corrected chi connectivity index (χ3v) is 5.34. The van der Waals surface area contributed by atoms with Crippen molar-refractivity contribution in [3.63, 3.8) is 0 Å². The van der Waals surface area contributed by atoms with E-state index in [1.165, 1.54) is 18.1 Å². The number of nitrogens with two attached hydrogens (primary N) is 1. The van der Waals surface area contributed by atoms with Crippen LogP contribution in [-0.4, -0.2) is 31.6 Å². The van der Waals surface area contributed by atoms with Crippen molar-refractivity contribution in [1.82, 2.24) is 24.5 Å². The minimum atomic E-state index is -0.455. The van der Waals surface area contributed by atoms with Crippen LogP contribution in [0.3, 0.4) is 0 Å². The number of aromatic nitrogens is 5. The lowest BCUT2D eigenvalue weighted by molar-refractivity contribution is 0.636. The van der Waals surface area contributed by atoms with Crippen LogP contribution in [0.2, 0.25) is 0 Å². The van der Waals surface area contributed by atoms with Crippen molar-refractivity contribution in [1.29, 1.82) is 0 Å². The van der Waals surface area contributed by atoms with Gasteiger partial charge in [0.05, 0.1) is 22.8 Å². The van der Waals surface area contributed by atoms with E-state index in [2.05, 4.69) is 49.5 Å². The molecule has 0 unspecified atom stereocenters. The number of rotatable bonds is 5. The van der Waals surface area contributed by atoms with Crippen molar-refractivity contribution in [2.45, 2.75) is 12.8 Å². The number of hydrogen-bond donors (Lipinski definition) is 2. The Kier molecular flexibility index (Phi) is 4.66. The molecular formula is C23H20FN7. The summed E-state index contributed by atoms with van der Waals surface area (Å²) >= 11 is 0. The van der Waals surface area contributed by atoms with Crippen molar-refractivity contribution in [2.24, 2.45) is 0 Å². The molecule has 31 heavy (non-hydrogen) atoms. The van der Waals surface area contributed by atoms with E-state index in [-0.39, 0.29) is 11.2 Å². The summed E-state index contributed by atoms with van der Waals surface area (Å²) in [5.74, 6) is 0.511. The zero-order valence-corrected chi connectivity index (χ0v) is 16.9. The highest BCUT2D eigenvalue weighted by Crippen LogP contribution is 2.25. The van der Waals surface area contributed by atoms with Crippen molar-refractivity contribution >= 4 is 33.6 Å².